The smallest absolute Gasteiger partial charge is 0.418 e. The Balaban J connectivity index is 2.09. The maximum Gasteiger partial charge on any atom is 0.418 e. The highest BCUT2D eigenvalue weighted by Gasteiger charge is 2.33. The number of ether oxygens (including phenoxy) is 1. The summed E-state index contributed by atoms with van der Waals surface area (Å²) >= 11 is 3.32. The summed E-state index contributed by atoms with van der Waals surface area (Å²) in [6.07, 6.45) is -4.57. The van der Waals surface area contributed by atoms with Crippen LogP contribution < -0.4 is 4.74 Å². The molecule has 0 N–H and O–H groups in total. The molecule has 0 saturated carbocycles. The van der Waals surface area contributed by atoms with Crippen LogP contribution in [0.5, 0.6) is 5.75 Å². The zero-order valence-corrected chi connectivity index (χ0v) is 18.3. The topological polar surface area (TPSA) is 51.0 Å². The van der Waals surface area contributed by atoms with Gasteiger partial charge in [0.15, 0.2) is 0 Å². The van der Waals surface area contributed by atoms with E-state index < -0.39 is 22.5 Å². The van der Waals surface area contributed by atoms with E-state index in [4.69, 9.17) is 4.74 Å². The minimum Gasteiger partial charge on any atom is -0.496 e. The fourth-order valence-electron chi connectivity index (χ4n) is 2.60. The molecule has 9 heteroatoms. The number of rotatable bonds is 5. The van der Waals surface area contributed by atoms with Crippen LogP contribution >= 0.6 is 15.9 Å². The molecule has 0 amide bonds. The Morgan fingerprint density at radius 3 is 2.23 bits per heavy atom. The van der Waals surface area contributed by atoms with Crippen molar-refractivity contribution in [2.24, 2.45) is 10.2 Å². The van der Waals surface area contributed by atoms with Gasteiger partial charge in [-0.3, -0.25) is 0 Å². The van der Waals surface area contributed by atoms with Crippen molar-refractivity contribution in [1.29, 1.82) is 0 Å². The lowest BCUT2D eigenvalue weighted by molar-refractivity contribution is -0.137. The largest absolute Gasteiger partial charge is 0.496 e. The van der Waals surface area contributed by atoms with Gasteiger partial charge in [-0.15, -0.1) is 10.2 Å². The Morgan fingerprint density at radius 2 is 1.60 bits per heavy atom. The molecule has 0 radical (unpaired) electrons. The molecule has 1 unspecified atom stereocenters. The maximum absolute atomic E-state index is 13.2. The molecule has 3 rings (SSSR count). The second kappa shape index (κ2) is 9.09. The van der Waals surface area contributed by atoms with Crippen molar-refractivity contribution >= 4 is 38.1 Å². The molecular weight excluding hydrogens is 481 g/mol. The minimum absolute atomic E-state index is 0.165. The molecule has 0 aliphatic heterocycles. The number of azo groups is 1. The number of aryl methyl sites for hydroxylation is 1. The summed E-state index contributed by atoms with van der Waals surface area (Å²) in [6.45, 7) is 1.91. The first kappa shape index (κ1) is 22.2. The maximum atomic E-state index is 13.2. The molecule has 30 heavy (non-hydrogen) atoms. The second-order valence-corrected chi connectivity index (χ2v) is 8.55. The lowest BCUT2D eigenvalue weighted by Gasteiger charge is -2.11. The van der Waals surface area contributed by atoms with Crippen LogP contribution in [0.2, 0.25) is 0 Å². The van der Waals surface area contributed by atoms with Crippen molar-refractivity contribution in [3.05, 3.63) is 76.3 Å². The van der Waals surface area contributed by atoms with Crippen molar-refractivity contribution in [2.45, 2.75) is 22.9 Å². The van der Waals surface area contributed by atoms with E-state index in [1.165, 1.54) is 37.4 Å². The summed E-state index contributed by atoms with van der Waals surface area (Å²) in [5.74, 6) is 0.417. The average molecular weight is 497 g/mol. The Hall–Kier alpha value is -2.52. The summed E-state index contributed by atoms with van der Waals surface area (Å²) in [5, 5.41) is 7.80. The van der Waals surface area contributed by atoms with Crippen LogP contribution in [-0.4, -0.2) is 11.3 Å². The molecule has 0 aliphatic carbocycles. The number of benzene rings is 3. The van der Waals surface area contributed by atoms with Crippen molar-refractivity contribution in [1.82, 2.24) is 0 Å². The summed E-state index contributed by atoms with van der Waals surface area (Å²) in [5.41, 5.74) is -0.0575. The van der Waals surface area contributed by atoms with E-state index in [2.05, 4.69) is 26.2 Å². The van der Waals surface area contributed by atoms with Gasteiger partial charge in [0.2, 0.25) is 0 Å². The van der Waals surface area contributed by atoms with Crippen molar-refractivity contribution in [3.8, 4) is 5.75 Å². The van der Waals surface area contributed by atoms with Crippen molar-refractivity contribution in [3.63, 3.8) is 0 Å². The standard InChI is InChI=1S/C21H16BrF3N2O2S/c1-13-7-9-14(10-8-13)30(28)20-12-19(29-2)16(22)11-18(20)27-26-17-6-4-3-5-15(17)21(23,24)25/h3-12H,1-2H3. The van der Waals surface area contributed by atoms with Crippen LogP contribution in [0.25, 0.3) is 0 Å². The number of hydrogen-bond donors (Lipinski definition) is 0. The molecule has 0 heterocycles. The highest BCUT2D eigenvalue weighted by atomic mass is 79.9. The summed E-state index contributed by atoms with van der Waals surface area (Å²) in [4.78, 5) is 0.796. The van der Waals surface area contributed by atoms with Gasteiger partial charge in [0.25, 0.3) is 0 Å². The van der Waals surface area contributed by atoms with Crippen LogP contribution in [0.4, 0.5) is 24.5 Å². The first-order valence-electron chi connectivity index (χ1n) is 8.64. The summed E-state index contributed by atoms with van der Waals surface area (Å²) in [6, 6.07) is 15.0. The highest BCUT2D eigenvalue weighted by Crippen LogP contribution is 2.39. The molecule has 0 saturated heterocycles. The normalized spacial score (nSPS) is 12.9. The zero-order chi connectivity index (χ0) is 21.9. The van der Waals surface area contributed by atoms with Gasteiger partial charge in [0, 0.05) is 11.0 Å². The predicted molar refractivity (Wildman–Crippen MR) is 112 cm³/mol. The van der Waals surface area contributed by atoms with E-state index in [9.17, 15) is 17.4 Å². The molecule has 0 fully saturated rings. The SMILES string of the molecule is COc1cc(S(=O)c2ccc(C)cc2)c(N=Nc2ccccc2C(F)(F)F)cc1Br. The van der Waals surface area contributed by atoms with E-state index in [0.717, 1.165) is 11.6 Å². The number of hydrogen-bond acceptors (Lipinski definition) is 4. The van der Waals surface area contributed by atoms with Gasteiger partial charge in [-0.05, 0) is 53.2 Å². The Kier molecular flexibility index (Phi) is 6.72. The molecule has 156 valence electrons. The number of halogens is 4. The van der Waals surface area contributed by atoms with E-state index in [1.807, 2.05) is 19.1 Å². The Bertz CT molecular complexity index is 1120. The number of nitrogens with zero attached hydrogens (tertiary/aromatic N) is 2. The molecular formula is C21H16BrF3N2O2S. The molecule has 3 aromatic carbocycles. The summed E-state index contributed by atoms with van der Waals surface area (Å²) in [7, 11) is -0.186. The third-order valence-corrected chi connectivity index (χ3v) is 6.19. The molecule has 4 nitrogen and oxygen atoms in total. The molecule has 0 aromatic heterocycles. The fraction of sp³-hybridized carbons (Fsp3) is 0.143. The number of alkyl halides is 3. The number of methoxy groups -OCH3 is 1. The van der Waals surface area contributed by atoms with Gasteiger partial charge in [-0.1, -0.05) is 29.8 Å². The van der Waals surface area contributed by atoms with Crippen molar-refractivity contribution in [2.75, 3.05) is 7.11 Å². The monoisotopic (exact) mass is 496 g/mol. The van der Waals surface area contributed by atoms with Crippen LogP contribution in [0, 0.1) is 6.92 Å². The van der Waals surface area contributed by atoms with Crippen LogP contribution in [-0.2, 0) is 17.0 Å². The lowest BCUT2D eigenvalue weighted by atomic mass is 10.2. The second-order valence-electron chi connectivity index (χ2n) is 6.25. The lowest BCUT2D eigenvalue weighted by Crippen LogP contribution is -2.04. The zero-order valence-electron chi connectivity index (χ0n) is 15.9. The van der Waals surface area contributed by atoms with E-state index in [1.54, 1.807) is 12.1 Å². The minimum atomic E-state index is -4.57. The fourth-order valence-corrected chi connectivity index (χ4v) is 4.24. The molecule has 3 aromatic rings. The molecule has 0 aliphatic rings. The quantitative estimate of drug-likeness (QED) is 0.346. The van der Waals surface area contributed by atoms with E-state index in [-0.39, 0.29) is 16.3 Å². The van der Waals surface area contributed by atoms with Gasteiger partial charge < -0.3 is 4.74 Å². The average Bonchev–Trinajstić information content (AvgIpc) is 2.72. The summed E-state index contributed by atoms with van der Waals surface area (Å²) < 4.78 is 58.6. The molecule has 1 atom stereocenters. The third kappa shape index (κ3) is 4.96. The van der Waals surface area contributed by atoms with Gasteiger partial charge in [0.1, 0.15) is 11.4 Å². The van der Waals surface area contributed by atoms with Crippen LogP contribution in [0.1, 0.15) is 11.1 Å². The van der Waals surface area contributed by atoms with E-state index in [0.29, 0.717) is 15.1 Å². The highest BCUT2D eigenvalue weighted by molar-refractivity contribution is 9.10. The van der Waals surface area contributed by atoms with E-state index >= 15 is 0 Å². The predicted octanol–water partition coefficient (Wildman–Crippen LogP) is 7.37. The van der Waals surface area contributed by atoms with Gasteiger partial charge >= 0.3 is 6.18 Å². The van der Waals surface area contributed by atoms with Gasteiger partial charge in [0.05, 0.1) is 38.5 Å². The van der Waals surface area contributed by atoms with Crippen LogP contribution in [0.15, 0.2) is 85.2 Å². The first-order valence-corrected chi connectivity index (χ1v) is 10.6. The Morgan fingerprint density at radius 1 is 0.967 bits per heavy atom. The molecule has 0 spiro atoms. The van der Waals surface area contributed by atoms with Gasteiger partial charge in [-0.2, -0.15) is 13.2 Å². The van der Waals surface area contributed by atoms with Gasteiger partial charge in [-0.25, -0.2) is 4.21 Å². The first-order chi connectivity index (χ1) is 14.2. The third-order valence-electron chi connectivity index (χ3n) is 4.14. The van der Waals surface area contributed by atoms with Crippen LogP contribution in [0.3, 0.4) is 0 Å². The Labute approximate surface area is 182 Å². The molecule has 0 bridgehead atoms. The van der Waals surface area contributed by atoms with Crippen molar-refractivity contribution < 1.29 is 22.1 Å².